The van der Waals surface area contributed by atoms with E-state index in [1.807, 2.05) is 4.90 Å². The second-order valence-electron chi connectivity index (χ2n) is 5.71. The average Bonchev–Trinajstić information content (AvgIpc) is 3.24. The van der Waals surface area contributed by atoms with Gasteiger partial charge in [0.05, 0.1) is 6.42 Å². The molecule has 2 rings (SSSR count). The van der Waals surface area contributed by atoms with E-state index in [0.717, 1.165) is 38.6 Å². The number of rotatable bonds is 6. The second-order valence-corrected chi connectivity index (χ2v) is 5.71. The molecule has 2 fully saturated rings. The summed E-state index contributed by atoms with van der Waals surface area (Å²) in [6.45, 7) is 1.11. The van der Waals surface area contributed by atoms with Gasteiger partial charge in [0.15, 0.2) is 0 Å². The smallest absolute Gasteiger partial charge is 0.320 e. The molecule has 6 nitrogen and oxygen atoms in total. The van der Waals surface area contributed by atoms with Crippen LogP contribution in [0.1, 0.15) is 44.9 Å². The first-order valence-electron chi connectivity index (χ1n) is 7.53. The van der Waals surface area contributed by atoms with Gasteiger partial charge in [0.1, 0.15) is 0 Å². The monoisotopic (exact) mass is 284 g/mol. The first-order chi connectivity index (χ1) is 9.63. The molecule has 6 heteroatoms. The third kappa shape index (κ3) is 3.85. The number of piperidine rings is 1. The molecular formula is C14H24N2O4. The predicted octanol–water partition coefficient (Wildman–Crippen LogP) is 1.28. The lowest BCUT2D eigenvalue weighted by Gasteiger charge is -2.39. The quantitative estimate of drug-likeness (QED) is 0.770. The third-order valence-electron chi connectivity index (χ3n) is 4.14. The largest absolute Gasteiger partial charge is 0.481 e. The fourth-order valence-corrected chi connectivity index (χ4v) is 2.90. The number of aliphatic hydroxyl groups excluding tert-OH is 1. The molecule has 1 aliphatic carbocycles. The summed E-state index contributed by atoms with van der Waals surface area (Å²) < 4.78 is 0. The van der Waals surface area contributed by atoms with Gasteiger partial charge in [-0.2, -0.15) is 0 Å². The van der Waals surface area contributed by atoms with Crippen LogP contribution in [0.5, 0.6) is 0 Å². The van der Waals surface area contributed by atoms with Crippen molar-refractivity contribution >= 4 is 12.0 Å². The Kier molecular flexibility index (Phi) is 5.23. The van der Waals surface area contributed by atoms with Crippen molar-refractivity contribution < 1.29 is 19.8 Å². The maximum atomic E-state index is 12.7. The van der Waals surface area contributed by atoms with Gasteiger partial charge in [0.2, 0.25) is 0 Å². The summed E-state index contributed by atoms with van der Waals surface area (Å²) in [5.41, 5.74) is 0. The minimum absolute atomic E-state index is 0.000741. The molecule has 1 saturated heterocycles. The Labute approximate surface area is 119 Å². The molecule has 1 unspecified atom stereocenters. The Morgan fingerprint density at radius 2 is 1.95 bits per heavy atom. The van der Waals surface area contributed by atoms with Crippen LogP contribution in [0.3, 0.4) is 0 Å². The van der Waals surface area contributed by atoms with E-state index in [9.17, 15) is 9.59 Å². The van der Waals surface area contributed by atoms with E-state index in [1.165, 1.54) is 0 Å². The number of carboxylic acids is 1. The highest BCUT2D eigenvalue weighted by Crippen LogP contribution is 2.30. The molecule has 20 heavy (non-hydrogen) atoms. The summed E-state index contributed by atoms with van der Waals surface area (Å²) in [7, 11) is 0. The number of hydrogen-bond donors (Lipinski definition) is 2. The van der Waals surface area contributed by atoms with Gasteiger partial charge in [0.25, 0.3) is 0 Å². The van der Waals surface area contributed by atoms with Crippen LogP contribution in [0.25, 0.3) is 0 Å². The number of aliphatic carboxylic acids is 1. The lowest BCUT2D eigenvalue weighted by molar-refractivity contribution is -0.137. The Bertz CT molecular complexity index is 355. The fourth-order valence-electron chi connectivity index (χ4n) is 2.90. The van der Waals surface area contributed by atoms with Crippen molar-refractivity contribution in [1.29, 1.82) is 0 Å². The van der Waals surface area contributed by atoms with Gasteiger partial charge in [-0.1, -0.05) is 0 Å². The molecule has 114 valence electrons. The van der Waals surface area contributed by atoms with Crippen molar-refractivity contribution in [3.05, 3.63) is 0 Å². The van der Waals surface area contributed by atoms with Crippen LogP contribution in [-0.2, 0) is 4.79 Å². The number of nitrogens with zero attached hydrogens (tertiary/aromatic N) is 2. The molecule has 0 aromatic heterocycles. The zero-order valence-electron chi connectivity index (χ0n) is 11.8. The van der Waals surface area contributed by atoms with E-state index >= 15 is 0 Å². The Hall–Kier alpha value is -1.30. The zero-order chi connectivity index (χ0) is 14.5. The van der Waals surface area contributed by atoms with Gasteiger partial charge in [-0.15, -0.1) is 0 Å². The lowest BCUT2D eigenvalue weighted by atomic mass is 10.00. The summed E-state index contributed by atoms with van der Waals surface area (Å²) >= 11 is 0. The maximum absolute atomic E-state index is 12.7. The second kappa shape index (κ2) is 6.92. The molecule has 0 aromatic carbocycles. The average molecular weight is 284 g/mol. The first kappa shape index (κ1) is 15.1. The number of carbonyl (C=O) groups is 2. The number of urea groups is 1. The van der Waals surface area contributed by atoms with Crippen LogP contribution in [0.4, 0.5) is 4.79 Å². The number of carboxylic acid groups (broad SMARTS) is 1. The summed E-state index contributed by atoms with van der Waals surface area (Å²) in [4.78, 5) is 27.0. The van der Waals surface area contributed by atoms with Crippen LogP contribution in [0.15, 0.2) is 0 Å². The minimum atomic E-state index is -0.867. The molecule has 2 N–H and O–H groups in total. The molecule has 0 spiro atoms. The van der Waals surface area contributed by atoms with Gasteiger partial charge >= 0.3 is 12.0 Å². The zero-order valence-corrected chi connectivity index (χ0v) is 11.8. The number of carbonyl (C=O) groups excluding carboxylic acids is 1. The van der Waals surface area contributed by atoms with Crippen molar-refractivity contribution in [2.24, 2.45) is 0 Å². The lowest BCUT2D eigenvalue weighted by Crippen LogP contribution is -2.51. The van der Waals surface area contributed by atoms with Gasteiger partial charge in [-0.25, -0.2) is 4.79 Å². The van der Waals surface area contributed by atoms with Crippen LogP contribution in [-0.4, -0.2) is 63.8 Å². The molecule has 1 heterocycles. The van der Waals surface area contributed by atoms with E-state index in [0.29, 0.717) is 13.0 Å². The molecule has 2 amide bonds. The van der Waals surface area contributed by atoms with Crippen LogP contribution < -0.4 is 0 Å². The molecule has 1 atom stereocenters. The molecule has 1 aliphatic heterocycles. The van der Waals surface area contributed by atoms with E-state index in [-0.39, 0.29) is 31.1 Å². The van der Waals surface area contributed by atoms with Gasteiger partial charge in [0, 0.05) is 31.8 Å². The molecule has 0 radical (unpaired) electrons. The molecule has 1 saturated carbocycles. The first-order valence-corrected chi connectivity index (χ1v) is 7.53. The maximum Gasteiger partial charge on any atom is 0.320 e. The van der Waals surface area contributed by atoms with Crippen molar-refractivity contribution in [2.75, 3.05) is 19.7 Å². The van der Waals surface area contributed by atoms with Crippen LogP contribution >= 0.6 is 0 Å². The van der Waals surface area contributed by atoms with Crippen molar-refractivity contribution in [1.82, 2.24) is 9.80 Å². The fraction of sp³-hybridized carbons (Fsp3) is 0.857. The number of hydrogen-bond acceptors (Lipinski definition) is 3. The SMILES string of the molecule is O=C(O)CCN(C(=O)N1CCCCC1CCO)C1CC1. The molecular weight excluding hydrogens is 260 g/mol. The highest BCUT2D eigenvalue weighted by atomic mass is 16.4. The Balaban J connectivity index is 1.99. The van der Waals surface area contributed by atoms with Gasteiger partial charge in [-0.05, 0) is 38.5 Å². The van der Waals surface area contributed by atoms with Crippen LogP contribution in [0.2, 0.25) is 0 Å². The van der Waals surface area contributed by atoms with Gasteiger partial charge in [-0.3, -0.25) is 4.79 Å². The Morgan fingerprint density at radius 3 is 2.55 bits per heavy atom. The molecule has 2 aliphatic rings. The van der Waals surface area contributed by atoms with E-state index in [2.05, 4.69) is 0 Å². The minimum Gasteiger partial charge on any atom is -0.481 e. The summed E-state index contributed by atoms with van der Waals surface area (Å²) in [6, 6.07) is 0.290. The van der Waals surface area contributed by atoms with Crippen molar-refractivity contribution in [3.63, 3.8) is 0 Å². The highest BCUT2D eigenvalue weighted by Gasteiger charge is 2.37. The number of likely N-dealkylation sites (tertiary alicyclic amines) is 1. The van der Waals surface area contributed by atoms with Crippen molar-refractivity contribution in [2.45, 2.75) is 57.0 Å². The molecule has 0 bridgehead atoms. The van der Waals surface area contributed by atoms with Crippen LogP contribution in [0, 0.1) is 0 Å². The van der Waals surface area contributed by atoms with E-state index < -0.39 is 5.97 Å². The summed E-state index contributed by atoms with van der Waals surface area (Å²) in [5, 5.41) is 17.9. The third-order valence-corrected chi connectivity index (χ3v) is 4.14. The summed E-state index contributed by atoms with van der Waals surface area (Å²) in [5.74, 6) is -0.867. The van der Waals surface area contributed by atoms with E-state index in [4.69, 9.17) is 10.2 Å². The standard InChI is InChI=1S/C14H24N2O4/c17-10-7-11-3-1-2-8-15(11)14(20)16(12-4-5-12)9-6-13(18)19/h11-12,17H,1-10H2,(H,18,19). The Morgan fingerprint density at radius 1 is 1.20 bits per heavy atom. The van der Waals surface area contributed by atoms with Crippen molar-refractivity contribution in [3.8, 4) is 0 Å². The topological polar surface area (TPSA) is 81.1 Å². The highest BCUT2D eigenvalue weighted by molar-refractivity contribution is 5.76. The molecule has 0 aromatic rings. The normalized spacial score (nSPS) is 22.6. The number of amides is 2. The number of aliphatic hydroxyl groups is 1. The predicted molar refractivity (Wildman–Crippen MR) is 73.4 cm³/mol. The van der Waals surface area contributed by atoms with Gasteiger partial charge < -0.3 is 20.0 Å². The van der Waals surface area contributed by atoms with E-state index in [1.54, 1.807) is 4.90 Å². The summed E-state index contributed by atoms with van der Waals surface area (Å²) in [6.07, 6.45) is 5.58.